The molecule has 0 aromatic rings. The van der Waals surface area contributed by atoms with Crippen molar-refractivity contribution in [3.63, 3.8) is 0 Å². The largest absolute Gasteiger partial charge is 0.0530 e. The fraction of sp³-hybridized carbons (Fsp3) is 1.00. The molecule has 0 aromatic heterocycles. The van der Waals surface area contributed by atoms with Gasteiger partial charge in [0.05, 0.1) is 0 Å². The van der Waals surface area contributed by atoms with Gasteiger partial charge in [0.25, 0.3) is 0 Å². The van der Waals surface area contributed by atoms with Gasteiger partial charge in [0.1, 0.15) is 0 Å². The molecule has 5 saturated carbocycles. The number of rotatable bonds is 0. The highest BCUT2D eigenvalue weighted by molar-refractivity contribution is 5.03. The van der Waals surface area contributed by atoms with E-state index in [9.17, 15) is 0 Å². The van der Waals surface area contributed by atoms with Crippen molar-refractivity contribution < 1.29 is 0 Å². The lowest BCUT2D eigenvalue weighted by atomic mass is 9.59. The molecule has 118 valence electrons. The van der Waals surface area contributed by atoms with Crippen LogP contribution in [0.1, 0.15) is 83.5 Å². The molecular formula is C21H34. The second kappa shape index (κ2) is 5.27. The van der Waals surface area contributed by atoms with Crippen LogP contribution in [0.4, 0.5) is 0 Å². The minimum absolute atomic E-state index is 1.15. The van der Waals surface area contributed by atoms with Gasteiger partial charge in [-0.25, -0.2) is 0 Å². The molecule has 5 rings (SSSR count). The second-order valence-corrected chi connectivity index (χ2v) is 9.46. The molecule has 0 N–H and O–H groups in total. The summed E-state index contributed by atoms with van der Waals surface area (Å²) in [4.78, 5) is 0. The van der Waals surface area contributed by atoms with Crippen LogP contribution in [0.2, 0.25) is 0 Å². The fourth-order valence-electron chi connectivity index (χ4n) is 8.27. The van der Waals surface area contributed by atoms with E-state index in [1.807, 2.05) is 0 Å². The Bertz CT molecular complexity index is 349. The topological polar surface area (TPSA) is 0 Å². The van der Waals surface area contributed by atoms with E-state index < -0.39 is 0 Å². The van der Waals surface area contributed by atoms with Crippen molar-refractivity contribution in [1.29, 1.82) is 0 Å². The Kier molecular flexibility index (Phi) is 3.38. The standard InChI is InChI=1S/C21H34/c1-3-7-16-14(5-1)9-11-18-19-12-10-15-6-2-4-8-17(15)21(19)13-20(16)18/h14-21H,1-13H2/t14-,15-,16+,17+,18-,19+,20+,21-/m1/s1. The van der Waals surface area contributed by atoms with Gasteiger partial charge < -0.3 is 0 Å². The van der Waals surface area contributed by atoms with Gasteiger partial charge in [-0.15, -0.1) is 0 Å². The number of fused-ring (bicyclic) bond motifs is 7. The van der Waals surface area contributed by atoms with Crippen LogP contribution in [-0.2, 0) is 0 Å². The summed E-state index contributed by atoms with van der Waals surface area (Å²) in [5.41, 5.74) is 0. The predicted octanol–water partition coefficient (Wildman–Crippen LogP) is 6.06. The molecule has 0 aliphatic heterocycles. The highest BCUT2D eigenvalue weighted by atomic mass is 14.6. The fourth-order valence-corrected chi connectivity index (χ4v) is 8.27. The lowest BCUT2D eigenvalue weighted by Gasteiger charge is -2.46. The van der Waals surface area contributed by atoms with E-state index in [0.717, 1.165) is 11.8 Å². The SMILES string of the molecule is C1CC[C@H]2[C@H](C1)CC[C@@H]1[C@@H]3CC[C@H]4CCCC[C@@H]4[C@H]3C[C@H]12. The minimum atomic E-state index is 1.15. The van der Waals surface area contributed by atoms with Crippen LogP contribution in [0.25, 0.3) is 0 Å². The first-order chi connectivity index (χ1) is 10.4. The van der Waals surface area contributed by atoms with Crippen molar-refractivity contribution in [2.45, 2.75) is 83.5 Å². The number of hydrogen-bond donors (Lipinski definition) is 0. The molecule has 0 radical (unpaired) electrons. The van der Waals surface area contributed by atoms with Crippen molar-refractivity contribution in [3.8, 4) is 0 Å². The second-order valence-electron chi connectivity index (χ2n) is 9.46. The number of hydrogen-bond acceptors (Lipinski definition) is 0. The average molecular weight is 287 g/mol. The predicted molar refractivity (Wildman–Crippen MR) is 87.9 cm³/mol. The highest BCUT2D eigenvalue weighted by Crippen LogP contribution is 2.62. The zero-order chi connectivity index (χ0) is 13.8. The first kappa shape index (κ1) is 13.4. The van der Waals surface area contributed by atoms with Crippen LogP contribution in [-0.4, -0.2) is 0 Å². The monoisotopic (exact) mass is 286 g/mol. The van der Waals surface area contributed by atoms with Gasteiger partial charge in [0.15, 0.2) is 0 Å². The summed E-state index contributed by atoms with van der Waals surface area (Å²) < 4.78 is 0. The molecule has 0 aromatic carbocycles. The van der Waals surface area contributed by atoms with E-state index in [1.54, 1.807) is 83.5 Å². The smallest absolute Gasteiger partial charge is 0.0349 e. The Morgan fingerprint density at radius 1 is 0.333 bits per heavy atom. The molecule has 0 bridgehead atoms. The van der Waals surface area contributed by atoms with E-state index in [1.165, 1.54) is 35.5 Å². The summed E-state index contributed by atoms with van der Waals surface area (Å²) in [6.45, 7) is 0. The molecule has 0 nitrogen and oxygen atoms in total. The molecule has 8 atom stereocenters. The van der Waals surface area contributed by atoms with Crippen molar-refractivity contribution >= 4 is 0 Å². The van der Waals surface area contributed by atoms with Crippen LogP contribution in [0.5, 0.6) is 0 Å². The van der Waals surface area contributed by atoms with Crippen molar-refractivity contribution in [3.05, 3.63) is 0 Å². The molecular weight excluding hydrogens is 252 g/mol. The molecule has 0 spiro atoms. The van der Waals surface area contributed by atoms with Crippen molar-refractivity contribution in [2.75, 3.05) is 0 Å². The first-order valence-corrected chi connectivity index (χ1v) is 10.4. The lowest BCUT2D eigenvalue weighted by Crippen LogP contribution is -2.37. The quantitative estimate of drug-likeness (QED) is 0.508. The van der Waals surface area contributed by atoms with E-state index in [2.05, 4.69) is 0 Å². The van der Waals surface area contributed by atoms with Crippen LogP contribution in [0.15, 0.2) is 0 Å². The Hall–Kier alpha value is 0. The molecule has 21 heavy (non-hydrogen) atoms. The van der Waals surface area contributed by atoms with Gasteiger partial charge in [0.2, 0.25) is 0 Å². The summed E-state index contributed by atoms with van der Waals surface area (Å²) in [5.74, 6) is 9.37. The van der Waals surface area contributed by atoms with E-state index in [0.29, 0.717) is 0 Å². The summed E-state index contributed by atoms with van der Waals surface area (Å²) in [7, 11) is 0. The minimum Gasteiger partial charge on any atom is -0.0530 e. The van der Waals surface area contributed by atoms with E-state index in [-0.39, 0.29) is 0 Å². The molecule has 5 fully saturated rings. The summed E-state index contributed by atoms with van der Waals surface area (Å²) in [6.07, 6.45) is 20.8. The van der Waals surface area contributed by atoms with E-state index in [4.69, 9.17) is 0 Å². The van der Waals surface area contributed by atoms with Crippen LogP contribution in [0, 0.1) is 47.3 Å². The molecule has 5 aliphatic rings. The van der Waals surface area contributed by atoms with E-state index >= 15 is 0 Å². The Balaban J connectivity index is 1.39. The van der Waals surface area contributed by atoms with Crippen LogP contribution >= 0.6 is 0 Å². The molecule has 0 amide bonds. The molecule has 0 saturated heterocycles. The maximum Gasteiger partial charge on any atom is -0.0349 e. The third-order valence-electron chi connectivity index (χ3n) is 8.97. The van der Waals surface area contributed by atoms with Gasteiger partial charge in [-0.2, -0.15) is 0 Å². The van der Waals surface area contributed by atoms with Crippen LogP contribution in [0.3, 0.4) is 0 Å². The Morgan fingerprint density at radius 2 is 0.810 bits per heavy atom. The summed E-state index contributed by atoms with van der Waals surface area (Å²) in [6, 6.07) is 0. The lowest BCUT2D eigenvalue weighted by molar-refractivity contribution is 0.0376. The molecule has 0 heteroatoms. The molecule has 5 aliphatic carbocycles. The normalized spacial score (nSPS) is 56.0. The van der Waals surface area contributed by atoms with Crippen LogP contribution < -0.4 is 0 Å². The third kappa shape index (κ3) is 2.07. The Labute approximate surface area is 131 Å². The van der Waals surface area contributed by atoms with Gasteiger partial charge in [-0.1, -0.05) is 38.5 Å². The maximum absolute atomic E-state index is 1.68. The highest BCUT2D eigenvalue weighted by Gasteiger charge is 2.54. The maximum atomic E-state index is 1.68. The van der Waals surface area contributed by atoms with Gasteiger partial charge in [-0.05, 0) is 92.3 Å². The average Bonchev–Trinajstić information content (AvgIpc) is 2.94. The Morgan fingerprint density at radius 3 is 1.33 bits per heavy atom. The first-order valence-electron chi connectivity index (χ1n) is 10.4. The van der Waals surface area contributed by atoms with Gasteiger partial charge >= 0.3 is 0 Å². The zero-order valence-electron chi connectivity index (χ0n) is 13.8. The van der Waals surface area contributed by atoms with Gasteiger partial charge in [0, 0.05) is 0 Å². The summed E-state index contributed by atoms with van der Waals surface area (Å²) >= 11 is 0. The third-order valence-corrected chi connectivity index (χ3v) is 8.97. The van der Waals surface area contributed by atoms with Crippen molar-refractivity contribution in [2.24, 2.45) is 47.3 Å². The molecule has 0 unspecified atom stereocenters. The summed E-state index contributed by atoms with van der Waals surface area (Å²) in [5, 5.41) is 0. The zero-order valence-corrected chi connectivity index (χ0v) is 13.8. The van der Waals surface area contributed by atoms with Crippen molar-refractivity contribution in [1.82, 2.24) is 0 Å². The van der Waals surface area contributed by atoms with Gasteiger partial charge in [-0.3, -0.25) is 0 Å². The molecule has 0 heterocycles.